The number of hydrogen-bond acceptors (Lipinski definition) is 2. The topological polar surface area (TPSA) is 37.3 Å². The Morgan fingerprint density at radius 3 is 2.18 bits per heavy atom. The Morgan fingerprint density at radius 2 is 1.59 bits per heavy atom. The molecular formula is C16H12ClF3O2. The highest BCUT2D eigenvalue weighted by Gasteiger charge is 2.32. The lowest BCUT2D eigenvalue weighted by molar-refractivity contribution is -0.137. The number of hydrogen-bond donors (Lipinski definition) is 1. The number of carbonyl (C=O) groups excluding carboxylic acids is 1. The third-order valence-electron chi connectivity index (χ3n) is 3.14. The van der Waals surface area contributed by atoms with Gasteiger partial charge in [-0.3, -0.25) is 4.79 Å². The lowest BCUT2D eigenvalue weighted by Crippen LogP contribution is -2.17. The maximum atomic E-state index is 12.7. The maximum Gasteiger partial charge on any atom is 0.416 e. The summed E-state index contributed by atoms with van der Waals surface area (Å²) in [6.45, 7) is 0. The van der Waals surface area contributed by atoms with Crippen molar-refractivity contribution in [3.63, 3.8) is 0 Å². The van der Waals surface area contributed by atoms with Gasteiger partial charge in [-0.15, -0.1) is 11.6 Å². The highest BCUT2D eigenvalue weighted by atomic mass is 35.5. The van der Waals surface area contributed by atoms with Crippen LogP contribution in [0.2, 0.25) is 0 Å². The molecule has 22 heavy (non-hydrogen) atoms. The predicted molar refractivity (Wildman–Crippen MR) is 76.4 cm³/mol. The van der Waals surface area contributed by atoms with Gasteiger partial charge in [0.15, 0.2) is 5.78 Å². The van der Waals surface area contributed by atoms with Crippen molar-refractivity contribution in [3.05, 3.63) is 71.3 Å². The van der Waals surface area contributed by atoms with Crippen LogP contribution >= 0.6 is 11.6 Å². The summed E-state index contributed by atoms with van der Waals surface area (Å²) in [5.74, 6) is -0.771. The van der Waals surface area contributed by atoms with Crippen LogP contribution in [0.4, 0.5) is 13.2 Å². The van der Waals surface area contributed by atoms with Crippen LogP contribution in [0.1, 0.15) is 28.2 Å². The van der Waals surface area contributed by atoms with Gasteiger partial charge in [-0.1, -0.05) is 42.5 Å². The first-order valence-electron chi connectivity index (χ1n) is 6.38. The van der Waals surface area contributed by atoms with E-state index in [2.05, 4.69) is 0 Å². The zero-order valence-corrected chi connectivity index (χ0v) is 12.0. The fourth-order valence-corrected chi connectivity index (χ4v) is 2.23. The van der Waals surface area contributed by atoms with E-state index in [0.29, 0.717) is 5.56 Å². The number of aliphatic hydroxyl groups is 1. The summed E-state index contributed by atoms with van der Waals surface area (Å²) in [6, 6.07) is 12.3. The van der Waals surface area contributed by atoms with Crippen LogP contribution in [-0.4, -0.2) is 10.9 Å². The number of ketones is 1. The van der Waals surface area contributed by atoms with Gasteiger partial charge in [-0.2, -0.15) is 13.2 Å². The molecule has 0 spiro atoms. The summed E-state index contributed by atoms with van der Waals surface area (Å²) in [6.07, 6.45) is -6.01. The highest BCUT2D eigenvalue weighted by Crippen LogP contribution is 2.34. The molecule has 0 aromatic heterocycles. The Bertz CT molecular complexity index is 656. The minimum absolute atomic E-state index is 0.00327. The van der Waals surface area contributed by atoms with Crippen molar-refractivity contribution in [1.82, 2.24) is 0 Å². The molecule has 2 aromatic carbocycles. The molecule has 2 atom stereocenters. The van der Waals surface area contributed by atoms with Gasteiger partial charge in [0.2, 0.25) is 0 Å². The van der Waals surface area contributed by atoms with Crippen molar-refractivity contribution in [2.75, 3.05) is 0 Å². The summed E-state index contributed by atoms with van der Waals surface area (Å²) in [7, 11) is 0. The molecule has 2 aromatic rings. The smallest absolute Gasteiger partial charge is 0.380 e. The largest absolute Gasteiger partial charge is 0.416 e. The van der Waals surface area contributed by atoms with E-state index in [1.54, 1.807) is 18.2 Å². The molecule has 6 heteroatoms. The third-order valence-corrected chi connectivity index (χ3v) is 3.61. The summed E-state index contributed by atoms with van der Waals surface area (Å²) >= 11 is 5.95. The zero-order chi connectivity index (χ0) is 16.3. The minimum atomic E-state index is -4.52. The van der Waals surface area contributed by atoms with Crippen LogP contribution in [0, 0.1) is 0 Å². The molecule has 0 aliphatic heterocycles. The van der Waals surface area contributed by atoms with Crippen LogP contribution in [0.25, 0.3) is 0 Å². The van der Waals surface area contributed by atoms with Crippen LogP contribution in [0.5, 0.6) is 0 Å². The Kier molecular flexibility index (Phi) is 4.88. The highest BCUT2D eigenvalue weighted by molar-refractivity contribution is 6.31. The number of halogens is 4. The monoisotopic (exact) mass is 328 g/mol. The molecule has 0 bridgehead atoms. The predicted octanol–water partition coefficient (Wildman–Crippen LogP) is 4.29. The van der Waals surface area contributed by atoms with E-state index in [4.69, 9.17) is 11.6 Å². The molecule has 2 rings (SSSR count). The van der Waals surface area contributed by atoms with E-state index < -0.39 is 29.0 Å². The van der Waals surface area contributed by atoms with Gasteiger partial charge in [-0.25, -0.2) is 0 Å². The zero-order valence-electron chi connectivity index (χ0n) is 11.2. The van der Waals surface area contributed by atoms with Crippen molar-refractivity contribution in [3.8, 4) is 0 Å². The van der Waals surface area contributed by atoms with Crippen LogP contribution < -0.4 is 0 Å². The van der Waals surface area contributed by atoms with Gasteiger partial charge in [-0.05, 0) is 23.3 Å². The molecule has 2 unspecified atom stereocenters. The average Bonchev–Trinajstić information content (AvgIpc) is 2.53. The molecule has 0 fully saturated rings. The average molecular weight is 329 g/mol. The molecule has 0 aliphatic carbocycles. The standard InChI is InChI=1S/C16H12ClF3O2/c17-13(11-7-4-8-12(9-11)16(18,19)20)15(22)14(21)10-5-2-1-3-6-10/h1-9,13-14,21H. The molecule has 0 saturated heterocycles. The van der Waals surface area contributed by atoms with Gasteiger partial charge in [0, 0.05) is 0 Å². The Balaban J connectivity index is 2.24. The summed E-state index contributed by atoms with van der Waals surface area (Å²) in [5, 5.41) is 8.63. The number of benzene rings is 2. The van der Waals surface area contributed by atoms with E-state index in [1.807, 2.05) is 0 Å². The second-order valence-electron chi connectivity index (χ2n) is 4.70. The maximum absolute atomic E-state index is 12.7. The van der Waals surface area contributed by atoms with Crippen molar-refractivity contribution in [1.29, 1.82) is 0 Å². The quantitative estimate of drug-likeness (QED) is 0.850. The fourth-order valence-electron chi connectivity index (χ4n) is 1.98. The first-order chi connectivity index (χ1) is 10.3. The Labute approximate surface area is 130 Å². The van der Waals surface area contributed by atoms with Crippen molar-refractivity contribution in [2.45, 2.75) is 17.7 Å². The lowest BCUT2D eigenvalue weighted by atomic mass is 9.98. The normalized spacial score (nSPS) is 14.4. The molecule has 0 amide bonds. The van der Waals surface area contributed by atoms with Gasteiger partial charge in [0.25, 0.3) is 0 Å². The van der Waals surface area contributed by atoms with Crippen LogP contribution in [0.15, 0.2) is 54.6 Å². The second-order valence-corrected chi connectivity index (χ2v) is 5.14. The third kappa shape index (κ3) is 3.67. The van der Waals surface area contributed by atoms with Crippen LogP contribution in [-0.2, 0) is 11.0 Å². The summed E-state index contributed by atoms with van der Waals surface area (Å²) in [5.41, 5.74) is -0.556. The molecule has 0 radical (unpaired) electrons. The SMILES string of the molecule is O=C(C(O)c1ccccc1)C(Cl)c1cccc(C(F)(F)F)c1. The van der Waals surface area contributed by atoms with Gasteiger partial charge >= 0.3 is 6.18 Å². The molecule has 1 N–H and O–H groups in total. The number of Topliss-reactive ketones (excluding diaryl/α,β-unsaturated/α-hetero) is 1. The lowest BCUT2D eigenvalue weighted by Gasteiger charge is -2.16. The molecule has 0 aliphatic rings. The number of alkyl halides is 4. The van der Waals surface area contributed by atoms with E-state index in [-0.39, 0.29) is 5.56 Å². The molecule has 2 nitrogen and oxygen atoms in total. The van der Waals surface area contributed by atoms with Gasteiger partial charge in [0.05, 0.1) is 5.56 Å². The van der Waals surface area contributed by atoms with E-state index >= 15 is 0 Å². The van der Waals surface area contributed by atoms with Gasteiger partial charge < -0.3 is 5.11 Å². The van der Waals surface area contributed by atoms with E-state index in [1.165, 1.54) is 24.3 Å². The number of carbonyl (C=O) groups is 1. The van der Waals surface area contributed by atoms with Crippen molar-refractivity contribution in [2.24, 2.45) is 0 Å². The Morgan fingerprint density at radius 1 is 1.00 bits per heavy atom. The molecule has 0 saturated carbocycles. The molecular weight excluding hydrogens is 317 g/mol. The van der Waals surface area contributed by atoms with Gasteiger partial charge in [0.1, 0.15) is 11.5 Å². The van der Waals surface area contributed by atoms with E-state index in [0.717, 1.165) is 12.1 Å². The summed E-state index contributed by atoms with van der Waals surface area (Å²) < 4.78 is 38.0. The number of rotatable bonds is 4. The molecule has 116 valence electrons. The number of aliphatic hydroxyl groups excluding tert-OH is 1. The first-order valence-corrected chi connectivity index (χ1v) is 6.82. The van der Waals surface area contributed by atoms with Crippen molar-refractivity contribution >= 4 is 17.4 Å². The minimum Gasteiger partial charge on any atom is -0.380 e. The van der Waals surface area contributed by atoms with E-state index in [9.17, 15) is 23.1 Å². The second kappa shape index (κ2) is 6.50. The van der Waals surface area contributed by atoms with Crippen molar-refractivity contribution < 1.29 is 23.1 Å². The first kappa shape index (κ1) is 16.5. The molecule has 0 heterocycles. The summed E-state index contributed by atoms with van der Waals surface area (Å²) in [4.78, 5) is 12.1. The Hall–Kier alpha value is -1.85. The fraction of sp³-hybridized carbons (Fsp3) is 0.188. The van der Waals surface area contributed by atoms with Crippen LogP contribution in [0.3, 0.4) is 0 Å².